The highest BCUT2D eigenvalue weighted by atomic mass is 35.5. The first-order chi connectivity index (χ1) is 50.2. The number of nitrogen functional groups attached to an aromatic ring is 1. The van der Waals surface area contributed by atoms with Crippen molar-refractivity contribution in [3.63, 3.8) is 0 Å². The molecule has 2 aromatic heterocycles. The van der Waals surface area contributed by atoms with E-state index in [0.29, 0.717) is 61.6 Å². The molecular formula is C84H110ClN7O9S3. The van der Waals surface area contributed by atoms with Gasteiger partial charge in [0.15, 0.2) is 28.1 Å². The zero-order valence-corrected chi connectivity index (χ0v) is 64.9. The van der Waals surface area contributed by atoms with E-state index in [1.165, 1.54) is 88.3 Å². The summed E-state index contributed by atoms with van der Waals surface area (Å²) in [5.74, 6) is 2.33. The van der Waals surface area contributed by atoms with Crippen LogP contribution in [0.2, 0.25) is 5.02 Å². The number of halogens is 1. The second-order valence-corrected chi connectivity index (χ2v) is 34.0. The molecule has 0 saturated carbocycles. The van der Waals surface area contributed by atoms with E-state index in [1.807, 2.05) is 61.6 Å². The fourth-order valence-corrected chi connectivity index (χ4v) is 21.2. The number of anilines is 1. The number of nitrogens with zero attached hydrogens (tertiary/aromatic N) is 5. The maximum absolute atomic E-state index is 12.8. The minimum absolute atomic E-state index is 0.00657. The van der Waals surface area contributed by atoms with E-state index in [4.69, 9.17) is 17.3 Å². The van der Waals surface area contributed by atoms with Gasteiger partial charge in [-0.05, 0) is 250 Å². The van der Waals surface area contributed by atoms with Crippen molar-refractivity contribution in [2.24, 2.45) is 17.8 Å². The monoisotopic (exact) mass is 1490 g/mol. The van der Waals surface area contributed by atoms with Gasteiger partial charge in [-0.25, -0.2) is 17.7 Å². The topological polar surface area (TPSA) is 240 Å². The Morgan fingerprint density at radius 2 is 1.43 bits per heavy atom. The molecule has 0 spiro atoms. The molecule has 7 atom stereocenters. The lowest BCUT2D eigenvalue weighted by Gasteiger charge is -2.47. The van der Waals surface area contributed by atoms with Crippen LogP contribution in [-0.4, -0.2) is 152 Å². The third-order valence-corrected chi connectivity index (χ3v) is 27.2. The molecule has 1 saturated heterocycles. The normalized spacial score (nSPS) is 20.8. The number of sulfonamides is 1. The molecule has 0 radical (unpaired) electrons. The first kappa shape index (κ1) is 78.2. The maximum atomic E-state index is 12.8. The van der Waals surface area contributed by atoms with Crippen molar-refractivity contribution in [1.82, 2.24) is 29.3 Å². The quantitative estimate of drug-likeness (QED) is 0.0385. The van der Waals surface area contributed by atoms with Crippen molar-refractivity contribution in [3.05, 3.63) is 191 Å². The fourth-order valence-electron chi connectivity index (χ4n) is 17.4. The summed E-state index contributed by atoms with van der Waals surface area (Å²) >= 11 is 9.74. The molecule has 1 fully saturated rings. The molecule has 10 N–H and O–H groups in total. The lowest BCUT2D eigenvalue weighted by atomic mass is 9.72. The molecule has 8 aromatic rings. The van der Waals surface area contributed by atoms with Gasteiger partial charge >= 0.3 is 0 Å². The predicted octanol–water partition coefficient (Wildman–Crippen LogP) is 15.7. The largest absolute Gasteiger partial charge is 0.508 e. The number of rotatable bonds is 17. The molecular weight excluding hydrogens is 1380 g/mol. The highest BCUT2D eigenvalue weighted by Crippen LogP contribution is 2.51. The molecule has 5 heterocycles. The number of likely N-dealkylation sites (tertiary alicyclic amines) is 1. The van der Waals surface area contributed by atoms with Gasteiger partial charge in [-0.1, -0.05) is 132 Å². The van der Waals surface area contributed by atoms with Gasteiger partial charge < -0.3 is 46.8 Å². The van der Waals surface area contributed by atoms with E-state index in [9.17, 15) is 44.2 Å². The van der Waals surface area contributed by atoms with Crippen molar-refractivity contribution in [1.29, 1.82) is 0 Å². The van der Waals surface area contributed by atoms with Crippen LogP contribution in [0.25, 0.3) is 11.1 Å². The Balaban J connectivity index is 0.000000132. The number of aromatic hydroxyl groups is 7. The van der Waals surface area contributed by atoms with Crippen molar-refractivity contribution < 1.29 is 44.2 Å². The number of aryl methyl sites for hydroxylation is 1. The van der Waals surface area contributed by atoms with E-state index >= 15 is 0 Å². The van der Waals surface area contributed by atoms with Crippen LogP contribution in [0.1, 0.15) is 169 Å². The Morgan fingerprint density at radius 1 is 0.692 bits per heavy atom. The van der Waals surface area contributed by atoms with Crippen LogP contribution >= 0.6 is 34.3 Å². The molecule has 1 unspecified atom stereocenters. The Kier molecular flexibility index (Phi) is 27.2. The highest BCUT2D eigenvalue weighted by Gasteiger charge is 2.42. The Bertz CT molecular complexity index is 4260. The summed E-state index contributed by atoms with van der Waals surface area (Å²) in [5.41, 5.74) is 20.3. The van der Waals surface area contributed by atoms with E-state index < -0.39 is 10.0 Å². The second kappa shape index (κ2) is 36.1. The molecule has 15 rings (SSSR count). The van der Waals surface area contributed by atoms with Crippen LogP contribution < -0.4 is 11.1 Å². The van der Waals surface area contributed by atoms with Crippen molar-refractivity contribution in [2.75, 3.05) is 77.4 Å². The summed E-state index contributed by atoms with van der Waals surface area (Å²) in [6, 6.07) is 36.1. The van der Waals surface area contributed by atoms with Crippen LogP contribution in [0.4, 0.5) is 5.13 Å². The molecule has 20 heteroatoms. The second-order valence-electron chi connectivity index (χ2n) is 29.5. The van der Waals surface area contributed by atoms with Gasteiger partial charge in [-0.15, -0.1) is 22.7 Å². The third-order valence-electron chi connectivity index (χ3n) is 22.7. The van der Waals surface area contributed by atoms with E-state index in [-0.39, 0.29) is 51.4 Å². The number of phenolic OH excluding ortho intramolecular Hbond substituents is 7. The van der Waals surface area contributed by atoms with E-state index in [1.54, 1.807) is 46.0 Å². The van der Waals surface area contributed by atoms with Gasteiger partial charge in [0.25, 0.3) is 0 Å². The van der Waals surface area contributed by atoms with E-state index in [0.717, 1.165) is 153 Å². The van der Waals surface area contributed by atoms with Crippen LogP contribution in [0.3, 0.4) is 0 Å². The van der Waals surface area contributed by atoms with Gasteiger partial charge in [0.2, 0.25) is 10.0 Å². The number of thiophene rings is 1. The number of unbranched alkanes of at least 4 members (excludes halogenated alkanes) is 1. The molecule has 0 bridgehead atoms. The van der Waals surface area contributed by atoms with Crippen LogP contribution in [0.15, 0.2) is 115 Å². The van der Waals surface area contributed by atoms with Crippen molar-refractivity contribution in [2.45, 2.75) is 174 Å². The number of nitrogens with two attached hydrogens (primary N) is 1. The fraction of sp³-hybridized carbons (Fsp3) is 0.488. The number of piperidine rings is 1. The van der Waals surface area contributed by atoms with Gasteiger partial charge in [0.1, 0.15) is 17.2 Å². The van der Waals surface area contributed by atoms with Crippen molar-refractivity contribution in [3.8, 4) is 51.4 Å². The molecule has 0 amide bonds. The van der Waals surface area contributed by atoms with E-state index in [2.05, 4.69) is 101 Å². The number of likely N-dealkylation sites (N-methyl/N-ethyl adjacent to an activating group) is 1. The molecule has 560 valence electrons. The zero-order valence-electron chi connectivity index (χ0n) is 61.7. The highest BCUT2D eigenvalue weighted by molar-refractivity contribution is 7.89. The van der Waals surface area contributed by atoms with Crippen LogP contribution in [0, 0.1) is 17.8 Å². The Hall–Kier alpha value is -6.91. The number of phenols is 7. The average molecular weight is 1490 g/mol. The third kappa shape index (κ3) is 18.5. The number of benzene rings is 6. The summed E-state index contributed by atoms with van der Waals surface area (Å²) in [6.07, 6.45) is 19.8. The van der Waals surface area contributed by atoms with Crippen LogP contribution in [-0.2, 0) is 74.2 Å². The molecule has 16 nitrogen and oxygen atoms in total. The molecule has 3 aliphatic heterocycles. The van der Waals surface area contributed by atoms with Crippen LogP contribution in [0.5, 0.6) is 40.2 Å². The predicted molar refractivity (Wildman–Crippen MR) is 424 cm³/mol. The number of thiazole rings is 1. The SMILES string of the molecule is CCCC[C@H]1CCc2nc(N)sc2C1.CCCN(CCc1cccs1)[C@H]1CCc2c(O)cccc2C1.CCCN1C[C@@H](CS(=O)(=O)N(CC)CC)C[C@@H]2Cc3c(O)cccc3C[C@H]21.CN1CCc2cccc3c2[C@H]1Cc1ccc(O)c(O)c1-3.Oc1ccc(C2CNCCc3c2cc(O)c(O)c3Cl)cc1. The summed E-state index contributed by atoms with van der Waals surface area (Å²) in [7, 11) is -1.05. The average Bonchev–Trinajstić information content (AvgIpc) is 0.765. The summed E-state index contributed by atoms with van der Waals surface area (Å²) in [6.45, 7) is 18.3. The number of nitrogens with one attached hydrogen (secondary N) is 1. The maximum Gasteiger partial charge on any atom is 0.214 e. The number of hydrogen-bond donors (Lipinski definition) is 9. The Morgan fingerprint density at radius 3 is 2.15 bits per heavy atom. The molecule has 104 heavy (non-hydrogen) atoms. The van der Waals surface area contributed by atoms with Crippen molar-refractivity contribution >= 4 is 49.4 Å². The zero-order chi connectivity index (χ0) is 73.8. The van der Waals surface area contributed by atoms with Gasteiger partial charge in [-0.2, -0.15) is 0 Å². The molecule has 6 aromatic carbocycles. The minimum Gasteiger partial charge on any atom is -0.508 e. The minimum atomic E-state index is -3.21. The molecule has 4 aliphatic carbocycles. The Labute approximate surface area is 630 Å². The number of aromatic nitrogens is 1. The van der Waals surface area contributed by atoms with Gasteiger partial charge in [-0.3, -0.25) is 14.7 Å². The number of fused-ring (bicyclic) bond motifs is 7. The number of hydrogen-bond acceptors (Lipinski definition) is 17. The standard InChI is InChI=1S/C21H34N2O3S.C19H25NOS.C17H17NO2.C16H16ClNO3.C11H18N2S/c1-4-10-22-14-16(15-27(25,26)23(5-2)6-3)11-18-12-19-17(13-20(18)22)8-7-9-21(19)24;1-2-11-20(12-10-17-6-4-13-22-17)16-8-9-18-15(14-16)5-3-7-19(18)21;1-18-8-7-10-3-2-4-12-15(10)13(18)9-11-5-6-14(19)17(20)16(11)12;17-15-11-5-6-18-8-13(9-1-3-10(19)4-2-9)12(11)7-14(20)16(15)21;1-2-3-4-8-5-6-9-10(7-8)14-11(12)13-9/h7-9,16,18,20,24H,4-6,10-15H2,1-3H3;3-7,13,16,21H,2,8-12,14H2,1H3;2-6,13,19-20H,7-9H2,1H3;1-4,7,13,18-21H,5-6,8H2;8H,2-7H2,1H3,(H2,12,13)/t16-,18+,20+;16-;13-;;8-/m001.0/s1. The van der Waals surface area contributed by atoms with Gasteiger partial charge in [0, 0.05) is 78.6 Å². The van der Waals surface area contributed by atoms with Gasteiger partial charge in [0.05, 0.1) is 16.5 Å². The first-order valence-electron chi connectivity index (χ1n) is 38.1. The lowest BCUT2D eigenvalue weighted by molar-refractivity contribution is 0.0550. The summed E-state index contributed by atoms with van der Waals surface area (Å²) in [5, 5.41) is 75.9. The molecule has 7 aliphatic rings. The summed E-state index contributed by atoms with van der Waals surface area (Å²) in [4.78, 5) is 14.9. The first-order valence-corrected chi connectivity index (χ1v) is 41.8. The smallest absolute Gasteiger partial charge is 0.214 e. The lowest BCUT2D eigenvalue weighted by Crippen LogP contribution is -2.53. The summed E-state index contributed by atoms with van der Waals surface area (Å²) < 4.78 is 27.2.